The number of nitrogens with zero attached hydrogens (tertiary/aromatic N) is 8. The molecule has 81 heavy (non-hydrogen) atoms. The summed E-state index contributed by atoms with van der Waals surface area (Å²) in [5, 5.41) is 39.1. The topological polar surface area (TPSA) is 239 Å². The molecule has 5 aromatic heterocycles. The molecular weight excluding hydrogens is 1050 g/mol. The summed E-state index contributed by atoms with van der Waals surface area (Å²) in [7, 11) is 3.65. The Morgan fingerprint density at radius 3 is 2.44 bits per heavy atom. The van der Waals surface area contributed by atoms with Gasteiger partial charge in [0.25, 0.3) is 5.56 Å². The lowest BCUT2D eigenvalue weighted by molar-refractivity contribution is -0.142. The van der Waals surface area contributed by atoms with E-state index in [0.717, 1.165) is 63.7 Å². The van der Waals surface area contributed by atoms with Gasteiger partial charge in [-0.05, 0) is 104 Å². The number of carbonyl (C=O) groups is 2. The highest BCUT2D eigenvalue weighted by Crippen LogP contribution is 2.53. The van der Waals surface area contributed by atoms with Gasteiger partial charge < -0.3 is 44.5 Å². The molecular formula is C60H64FN11O8S. The first-order valence-electron chi connectivity index (χ1n) is 27.5. The third-order valence-corrected chi connectivity index (χ3v) is 17.2. The molecule has 3 fully saturated rings. The zero-order chi connectivity index (χ0) is 56.5. The Morgan fingerprint density at radius 2 is 1.74 bits per heavy atom. The maximum atomic E-state index is 16.1. The second-order valence-corrected chi connectivity index (χ2v) is 23.1. The number of aliphatic hydroxyl groups excluding tert-OH is 2. The molecule has 5 N–H and O–H groups in total. The number of nitrogens with one attached hydrogen (secondary N) is 3. The maximum Gasteiger partial charge on any atom is 0.319 e. The number of aliphatic hydroxyl groups is 2. The van der Waals surface area contributed by atoms with Crippen LogP contribution in [0.5, 0.6) is 11.8 Å². The number of hydrogen-bond donors (Lipinski definition) is 5. The van der Waals surface area contributed by atoms with E-state index in [1.54, 1.807) is 31.9 Å². The molecule has 19 nitrogen and oxygen atoms in total. The van der Waals surface area contributed by atoms with Crippen LogP contribution in [0.1, 0.15) is 98.8 Å². The molecule has 0 spiro atoms. The van der Waals surface area contributed by atoms with Crippen LogP contribution in [0.25, 0.3) is 65.2 Å². The predicted molar refractivity (Wildman–Crippen MR) is 307 cm³/mol. The van der Waals surface area contributed by atoms with Gasteiger partial charge in [0.2, 0.25) is 11.8 Å². The van der Waals surface area contributed by atoms with Crippen molar-refractivity contribution in [3.8, 4) is 33.3 Å². The Balaban J connectivity index is 0.872. The molecule has 4 aromatic carbocycles. The van der Waals surface area contributed by atoms with Crippen molar-refractivity contribution < 1.29 is 38.4 Å². The quantitative estimate of drug-likeness (QED) is 0.0509. The first-order chi connectivity index (χ1) is 39.1. The van der Waals surface area contributed by atoms with Gasteiger partial charge in [-0.25, -0.2) is 9.37 Å². The molecule has 3 aliphatic rings. The van der Waals surface area contributed by atoms with Gasteiger partial charge in [-0.3, -0.25) is 24.2 Å². The minimum absolute atomic E-state index is 0.0000305. The highest BCUT2D eigenvalue weighted by molar-refractivity contribution is 7.13. The van der Waals surface area contributed by atoms with Crippen molar-refractivity contribution in [2.24, 2.45) is 5.92 Å². The molecule has 2 saturated carbocycles. The zero-order valence-electron chi connectivity index (χ0n) is 46.1. The fourth-order valence-electron chi connectivity index (χ4n) is 11.4. The van der Waals surface area contributed by atoms with Gasteiger partial charge in [0.1, 0.15) is 42.4 Å². The number of aromatic nitrogens is 8. The van der Waals surface area contributed by atoms with Gasteiger partial charge in [0.15, 0.2) is 11.3 Å². The Bertz CT molecular complexity index is 3960. The number of likely N-dealkylation sites (tertiary alicyclic amines) is 1. The number of amides is 2. The molecule has 5 atom stereocenters. The fraction of sp³-hybridized carbons (Fsp3) is 0.400. The molecule has 0 radical (unpaired) electrons. The van der Waals surface area contributed by atoms with Gasteiger partial charge in [0, 0.05) is 77.6 Å². The third kappa shape index (κ3) is 10.1. The standard InChI is InChI=1S/C60H64FN11O8S/c1-29(2)53(59(77)71-23-38(74)19-48(71)57(75)65-47(25-73)35-11-13-36(14-12-35)55-32(5)62-28-81-55)72-24-43-39-17-8-33(18-45(39)64-58(76)52(43)69-72)27-79-54-50(49-31(4)44(61)21-46-42(49)22-63-68-46)40(34-9-10-34)20-41-51(54)66-60(80-26-30(3)78-7)67-56(41)70(6)37-15-16-37/h8,11-14,17-18,20-22,24,28-30,34,37-38,47-48,53,73-74H,9-10,15-16,19,23,25-27H2,1-7H3,(H,63,68)(H,64,76)(H,65,75). The van der Waals surface area contributed by atoms with Crippen LogP contribution in [0.4, 0.5) is 10.2 Å². The second-order valence-electron chi connectivity index (χ2n) is 22.3. The van der Waals surface area contributed by atoms with Crippen LogP contribution in [0, 0.1) is 25.6 Å². The average molecular weight is 1120 g/mol. The van der Waals surface area contributed by atoms with Crippen molar-refractivity contribution in [1.82, 2.24) is 50.1 Å². The molecule has 12 rings (SSSR count). The van der Waals surface area contributed by atoms with E-state index in [4.69, 9.17) is 29.3 Å². The normalized spacial score (nSPS) is 17.6. The van der Waals surface area contributed by atoms with Crippen LogP contribution in [0.3, 0.4) is 0 Å². The summed E-state index contributed by atoms with van der Waals surface area (Å²) in [4.78, 5) is 65.0. The molecule has 1 saturated heterocycles. The van der Waals surface area contributed by atoms with Gasteiger partial charge >= 0.3 is 6.01 Å². The number of aromatic amines is 2. The van der Waals surface area contributed by atoms with Crippen LogP contribution >= 0.6 is 11.3 Å². The smallest absolute Gasteiger partial charge is 0.319 e. The lowest BCUT2D eigenvalue weighted by Crippen LogP contribution is -2.50. The number of rotatable bonds is 19. The second kappa shape index (κ2) is 21.6. The fourth-order valence-corrected chi connectivity index (χ4v) is 12.2. The highest BCUT2D eigenvalue weighted by Gasteiger charge is 2.43. The number of anilines is 1. The van der Waals surface area contributed by atoms with Crippen LogP contribution in [-0.2, 0) is 20.9 Å². The lowest BCUT2D eigenvalue weighted by atomic mass is 9.88. The maximum absolute atomic E-state index is 16.1. The molecule has 2 amide bonds. The molecule has 0 bridgehead atoms. The van der Waals surface area contributed by atoms with Crippen LogP contribution in [0.2, 0.25) is 0 Å². The number of carbonyl (C=O) groups excluding carboxylic acids is 2. The van der Waals surface area contributed by atoms with E-state index < -0.39 is 54.0 Å². The summed E-state index contributed by atoms with van der Waals surface area (Å²) in [5.74, 6) is -0.396. The SMILES string of the molecule is COC(C)COc1nc(N(C)C2CC2)c2cc(C3CC3)c(-c3c(C)c(F)cc4[nH]ncc34)c(OCc3ccc4c(c3)[nH]c(=O)c3nn(C(C(=O)N5CC(O)CC5C(=O)NC(CO)c5ccc(-c6scnc6C)cc5)C(C)C)cc34)c2n1. The van der Waals surface area contributed by atoms with Gasteiger partial charge in [-0.15, -0.1) is 11.3 Å². The molecule has 9 aromatic rings. The minimum atomic E-state index is -1.04. The number of pyridine rings is 1. The molecule has 1 aliphatic heterocycles. The van der Waals surface area contributed by atoms with Gasteiger partial charge in [0.05, 0.1) is 52.7 Å². The number of methoxy groups -OCH3 is 1. The third-order valence-electron chi connectivity index (χ3n) is 16.2. The number of hydrogen-bond acceptors (Lipinski definition) is 15. The summed E-state index contributed by atoms with van der Waals surface area (Å²) in [5.41, 5.74) is 9.05. The number of aryl methyl sites for hydroxylation is 1. The minimum Gasteiger partial charge on any atom is -0.486 e. The molecule has 5 unspecified atom stereocenters. The lowest BCUT2D eigenvalue weighted by Gasteiger charge is -2.30. The van der Waals surface area contributed by atoms with E-state index in [0.29, 0.717) is 67.2 Å². The summed E-state index contributed by atoms with van der Waals surface area (Å²) in [6, 6.07) is 14.4. The molecule has 21 heteroatoms. The van der Waals surface area contributed by atoms with Crippen LogP contribution in [0.15, 0.2) is 77.3 Å². The van der Waals surface area contributed by atoms with E-state index in [1.807, 2.05) is 77.2 Å². The van der Waals surface area contributed by atoms with Crippen LogP contribution < -0.4 is 25.2 Å². The number of benzene rings is 4. The Morgan fingerprint density at radius 1 is 0.951 bits per heavy atom. The van der Waals surface area contributed by atoms with E-state index in [1.165, 1.54) is 27.0 Å². The van der Waals surface area contributed by atoms with E-state index in [2.05, 4.69) is 36.4 Å². The van der Waals surface area contributed by atoms with Crippen molar-refractivity contribution >= 4 is 72.6 Å². The van der Waals surface area contributed by atoms with E-state index >= 15 is 4.39 Å². The largest absolute Gasteiger partial charge is 0.486 e. The average Bonchev–Trinajstić information content (AvgIpc) is 4.52. The highest BCUT2D eigenvalue weighted by atomic mass is 32.1. The molecule has 420 valence electrons. The predicted octanol–water partition coefficient (Wildman–Crippen LogP) is 8.72. The summed E-state index contributed by atoms with van der Waals surface area (Å²) >= 11 is 1.53. The Labute approximate surface area is 469 Å². The molecule has 2 aliphatic carbocycles. The monoisotopic (exact) mass is 1120 g/mol. The van der Waals surface area contributed by atoms with E-state index in [-0.39, 0.29) is 55.6 Å². The summed E-state index contributed by atoms with van der Waals surface area (Å²) in [6.45, 7) is 9.07. The summed E-state index contributed by atoms with van der Waals surface area (Å²) in [6.07, 6.45) is 6.12. The Kier molecular flexibility index (Phi) is 14.3. The zero-order valence-corrected chi connectivity index (χ0v) is 46.9. The van der Waals surface area contributed by atoms with Gasteiger partial charge in [-0.2, -0.15) is 20.2 Å². The van der Waals surface area contributed by atoms with Crippen molar-refractivity contribution in [1.29, 1.82) is 0 Å². The number of halogens is 1. The summed E-state index contributed by atoms with van der Waals surface area (Å²) < 4.78 is 36.4. The number of fused-ring (bicyclic) bond motifs is 5. The van der Waals surface area contributed by atoms with E-state index in [9.17, 15) is 24.6 Å². The number of thiazole rings is 1. The van der Waals surface area contributed by atoms with Crippen molar-refractivity contribution in [2.75, 3.05) is 38.8 Å². The first-order valence-corrected chi connectivity index (χ1v) is 28.4. The van der Waals surface area contributed by atoms with Crippen molar-refractivity contribution in [3.05, 3.63) is 117 Å². The first kappa shape index (κ1) is 53.8. The number of ether oxygens (including phenoxy) is 3. The van der Waals surface area contributed by atoms with Gasteiger partial charge in [-0.1, -0.05) is 50.2 Å². The molecule has 6 heterocycles. The van der Waals surface area contributed by atoms with Crippen molar-refractivity contribution in [3.63, 3.8) is 0 Å². The number of β-amino-alcohol motifs (C(OH)–C–C–N with tert-alkyl or cyclic N) is 1. The van der Waals surface area contributed by atoms with Crippen molar-refractivity contribution in [2.45, 2.75) is 116 Å². The van der Waals surface area contributed by atoms with Crippen LogP contribution in [-0.4, -0.2) is 125 Å². The Hall–Kier alpha value is -7.85. The number of H-pyrrole nitrogens is 2.